The number of hydrogen-bond donors (Lipinski definition) is 1. The molecule has 1 N–H and O–H groups in total. The van der Waals surface area contributed by atoms with Gasteiger partial charge in [0.1, 0.15) is 12.3 Å². The van der Waals surface area contributed by atoms with E-state index in [-0.39, 0.29) is 6.54 Å². The lowest BCUT2D eigenvalue weighted by molar-refractivity contribution is 0.131. The van der Waals surface area contributed by atoms with Gasteiger partial charge in [0.05, 0.1) is 0 Å². The first-order valence-electron chi connectivity index (χ1n) is 2.79. The van der Waals surface area contributed by atoms with Gasteiger partial charge in [-0.2, -0.15) is 0 Å². The van der Waals surface area contributed by atoms with Gasteiger partial charge in [0.15, 0.2) is 0 Å². The zero-order valence-corrected chi connectivity index (χ0v) is 4.53. The van der Waals surface area contributed by atoms with E-state index in [1.54, 1.807) is 0 Å². The number of rotatable bonds is 0. The van der Waals surface area contributed by atoms with Gasteiger partial charge in [0, 0.05) is 6.54 Å². The van der Waals surface area contributed by atoms with E-state index in [1.807, 2.05) is 0 Å². The summed E-state index contributed by atoms with van der Waals surface area (Å²) in [6.07, 6.45) is -2.18. The molecular formula is C5H9F2N. The van der Waals surface area contributed by atoms with E-state index in [4.69, 9.17) is 0 Å². The molecule has 0 aromatic carbocycles. The van der Waals surface area contributed by atoms with Crippen molar-refractivity contribution in [3.8, 4) is 0 Å². The largest absolute Gasteiger partial charge is 0.314 e. The summed E-state index contributed by atoms with van der Waals surface area (Å²) in [7, 11) is 0. The van der Waals surface area contributed by atoms with Crippen LogP contribution in [0, 0.1) is 0 Å². The summed E-state index contributed by atoms with van der Waals surface area (Å²) in [6.45, 7) is 0.794. The second-order valence-electron chi connectivity index (χ2n) is 2.02. The third kappa shape index (κ3) is 1.15. The highest BCUT2D eigenvalue weighted by atomic mass is 19.2. The van der Waals surface area contributed by atoms with Crippen LogP contribution in [0.25, 0.3) is 0 Å². The fourth-order valence-corrected chi connectivity index (χ4v) is 0.789. The first kappa shape index (κ1) is 5.95. The lowest BCUT2D eigenvalue weighted by atomic mass is 10.1. The van der Waals surface area contributed by atoms with Gasteiger partial charge < -0.3 is 5.32 Å². The Bertz CT molecular complexity index is 66.8. The van der Waals surface area contributed by atoms with Crippen LogP contribution in [0.2, 0.25) is 0 Å². The zero-order valence-electron chi connectivity index (χ0n) is 4.53. The Labute approximate surface area is 47.1 Å². The molecule has 0 bridgehead atoms. The minimum absolute atomic E-state index is 0.182. The van der Waals surface area contributed by atoms with E-state index in [0.717, 1.165) is 0 Å². The first-order valence-corrected chi connectivity index (χ1v) is 2.79. The predicted molar refractivity (Wildman–Crippen MR) is 27.3 cm³/mol. The normalized spacial score (nSPS) is 39.8. The van der Waals surface area contributed by atoms with Crippen LogP contribution in [0.5, 0.6) is 0 Å². The Morgan fingerprint density at radius 3 is 2.38 bits per heavy atom. The molecule has 0 aromatic rings. The van der Waals surface area contributed by atoms with Crippen molar-refractivity contribution >= 4 is 0 Å². The van der Waals surface area contributed by atoms with Crippen molar-refractivity contribution in [3.63, 3.8) is 0 Å². The highest BCUT2D eigenvalue weighted by Crippen LogP contribution is 2.10. The monoisotopic (exact) mass is 121 g/mol. The van der Waals surface area contributed by atoms with Gasteiger partial charge in [-0.05, 0) is 13.0 Å². The average molecular weight is 121 g/mol. The van der Waals surface area contributed by atoms with Crippen LogP contribution in [0.3, 0.4) is 0 Å². The van der Waals surface area contributed by atoms with Gasteiger partial charge in [-0.3, -0.25) is 0 Å². The van der Waals surface area contributed by atoms with Crippen LogP contribution >= 0.6 is 0 Å². The van der Waals surface area contributed by atoms with E-state index in [2.05, 4.69) is 5.32 Å². The average Bonchev–Trinajstić information content (AvgIpc) is 1.77. The highest BCUT2D eigenvalue weighted by molar-refractivity contribution is 4.76. The molecule has 1 nitrogen and oxygen atoms in total. The van der Waals surface area contributed by atoms with E-state index < -0.39 is 12.3 Å². The lowest BCUT2D eigenvalue weighted by Gasteiger charge is -2.19. The van der Waals surface area contributed by atoms with Crippen molar-refractivity contribution in [1.29, 1.82) is 0 Å². The third-order valence-corrected chi connectivity index (χ3v) is 1.33. The second kappa shape index (κ2) is 2.40. The highest BCUT2D eigenvalue weighted by Gasteiger charge is 2.22. The minimum atomic E-state index is -1.27. The standard InChI is InChI=1S/C5H9F2N/c6-4-1-2-8-3-5(4)7/h4-5,8H,1-3H2/t4-,5+/m0/s1. The lowest BCUT2D eigenvalue weighted by Crippen LogP contribution is -2.39. The molecule has 1 saturated heterocycles. The molecule has 0 spiro atoms. The fourth-order valence-electron chi connectivity index (χ4n) is 0.789. The molecule has 3 heteroatoms. The molecule has 2 atom stereocenters. The molecule has 1 aliphatic heterocycles. The van der Waals surface area contributed by atoms with Crippen LogP contribution in [-0.2, 0) is 0 Å². The third-order valence-electron chi connectivity index (χ3n) is 1.33. The van der Waals surface area contributed by atoms with Gasteiger partial charge in [-0.1, -0.05) is 0 Å². The topological polar surface area (TPSA) is 12.0 Å². The van der Waals surface area contributed by atoms with Crippen molar-refractivity contribution in [1.82, 2.24) is 5.32 Å². The maximum atomic E-state index is 12.2. The van der Waals surface area contributed by atoms with E-state index in [9.17, 15) is 8.78 Å². The molecule has 0 aliphatic carbocycles. The summed E-state index contributed by atoms with van der Waals surface area (Å²) in [6, 6.07) is 0. The maximum absolute atomic E-state index is 12.2. The molecule has 48 valence electrons. The SMILES string of the molecule is F[C@@H]1CNCC[C@@H]1F. The van der Waals surface area contributed by atoms with Gasteiger partial charge in [0.25, 0.3) is 0 Å². The summed E-state index contributed by atoms with van der Waals surface area (Å²) in [5.74, 6) is 0. The maximum Gasteiger partial charge on any atom is 0.144 e. The molecule has 1 fully saturated rings. The molecule has 0 saturated carbocycles. The smallest absolute Gasteiger partial charge is 0.144 e. The summed E-state index contributed by atoms with van der Waals surface area (Å²) >= 11 is 0. The van der Waals surface area contributed by atoms with Crippen LogP contribution in [0.1, 0.15) is 6.42 Å². The fraction of sp³-hybridized carbons (Fsp3) is 1.00. The molecule has 0 amide bonds. The molecule has 0 radical (unpaired) electrons. The Morgan fingerprint density at radius 2 is 2.00 bits per heavy atom. The van der Waals surface area contributed by atoms with Crippen LogP contribution < -0.4 is 5.32 Å². The van der Waals surface area contributed by atoms with Crippen LogP contribution in [-0.4, -0.2) is 25.4 Å². The molecule has 1 rings (SSSR count). The van der Waals surface area contributed by atoms with Crippen molar-refractivity contribution in [2.75, 3.05) is 13.1 Å². The molecule has 8 heavy (non-hydrogen) atoms. The Balaban J connectivity index is 2.28. The zero-order chi connectivity index (χ0) is 5.98. The molecule has 0 aromatic heterocycles. The van der Waals surface area contributed by atoms with Gasteiger partial charge in [-0.15, -0.1) is 0 Å². The number of piperidine rings is 1. The minimum Gasteiger partial charge on any atom is -0.314 e. The van der Waals surface area contributed by atoms with E-state index in [0.29, 0.717) is 13.0 Å². The molecular weight excluding hydrogens is 112 g/mol. The summed E-state index contributed by atoms with van der Waals surface area (Å²) < 4.78 is 24.3. The number of halogens is 2. The number of alkyl halides is 2. The van der Waals surface area contributed by atoms with Crippen molar-refractivity contribution in [2.24, 2.45) is 0 Å². The van der Waals surface area contributed by atoms with Gasteiger partial charge in [-0.25, -0.2) is 8.78 Å². The summed E-state index contributed by atoms with van der Waals surface area (Å²) in [4.78, 5) is 0. The Morgan fingerprint density at radius 1 is 1.25 bits per heavy atom. The Hall–Kier alpha value is -0.180. The van der Waals surface area contributed by atoms with Gasteiger partial charge in [0.2, 0.25) is 0 Å². The van der Waals surface area contributed by atoms with Crippen molar-refractivity contribution in [2.45, 2.75) is 18.8 Å². The van der Waals surface area contributed by atoms with Crippen LogP contribution in [0.4, 0.5) is 8.78 Å². The molecule has 1 heterocycles. The van der Waals surface area contributed by atoms with Crippen molar-refractivity contribution < 1.29 is 8.78 Å². The second-order valence-corrected chi connectivity index (χ2v) is 2.02. The van der Waals surface area contributed by atoms with Gasteiger partial charge >= 0.3 is 0 Å². The molecule has 0 unspecified atom stereocenters. The number of nitrogens with one attached hydrogen (secondary N) is 1. The summed E-state index contributed by atoms with van der Waals surface area (Å²) in [5, 5.41) is 2.75. The first-order chi connectivity index (χ1) is 3.80. The van der Waals surface area contributed by atoms with Crippen LogP contribution in [0.15, 0.2) is 0 Å². The Kier molecular flexibility index (Phi) is 1.78. The molecule has 1 aliphatic rings. The van der Waals surface area contributed by atoms with E-state index in [1.165, 1.54) is 0 Å². The van der Waals surface area contributed by atoms with E-state index >= 15 is 0 Å². The van der Waals surface area contributed by atoms with Crippen molar-refractivity contribution in [3.05, 3.63) is 0 Å². The quantitative estimate of drug-likeness (QED) is 0.496. The predicted octanol–water partition coefficient (Wildman–Crippen LogP) is 0.656. The number of hydrogen-bond acceptors (Lipinski definition) is 1. The summed E-state index contributed by atoms with van der Waals surface area (Å²) in [5.41, 5.74) is 0.